The Morgan fingerprint density at radius 3 is 2.75 bits per heavy atom. The van der Waals surface area contributed by atoms with E-state index < -0.39 is 0 Å². The van der Waals surface area contributed by atoms with Gasteiger partial charge in [-0.25, -0.2) is 0 Å². The van der Waals surface area contributed by atoms with E-state index in [1.807, 2.05) is 0 Å². The van der Waals surface area contributed by atoms with Gasteiger partial charge in [-0.3, -0.25) is 4.99 Å². The zero-order valence-electron chi connectivity index (χ0n) is 7.16. The molecule has 0 aromatic heterocycles. The number of piperidine rings is 1. The maximum Gasteiger partial charge on any atom is 0.194 e. The SMILES string of the molecule is OC1CCN(C2=NCCN2)CC1. The van der Waals surface area contributed by atoms with Crippen molar-refractivity contribution in [3.05, 3.63) is 0 Å². The Kier molecular flexibility index (Phi) is 2.17. The smallest absolute Gasteiger partial charge is 0.194 e. The number of nitrogens with zero attached hydrogens (tertiary/aromatic N) is 2. The van der Waals surface area contributed by atoms with Crippen molar-refractivity contribution in [3.63, 3.8) is 0 Å². The summed E-state index contributed by atoms with van der Waals surface area (Å²) in [4.78, 5) is 6.56. The number of aliphatic hydroxyl groups is 1. The van der Waals surface area contributed by atoms with Crippen molar-refractivity contribution in [2.75, 3.05) is 26.2 Å². The summed E-state index contributed by atoms with van der Waals surface area (Å²) in [6.07, 6.45) is 1.66. The molecule has 0 radical (unpaired) electrons. The molecule has 4 heteroatoms. The Labute approximate surface area is 72.3 Å². The van der Waals surface area contributed by atoms with E-state index in [-0.39, 0.29) is 6.10 Å². The van der Waals surface area contributed by atoms with E-state index in [1.54, 1.807) is 0 Å². The molecule has 4 nitrogen and oxygen atoms in total. The number of nitrogens with one attached hydrogen (secondary N) is 1. The molecule has 12 heavy (non-hydrogen) atoms. The van der Waals surface area contributed by atoms with Crippen molar-refractivity contribution >= 4 is 5.96 Å². The molecular weight excluding hydrogens is 154 g/mol. The lowest BCUT2D eigenvalue weighted by Crippen LogP contribution is -2.44. The van der Waals surface area contributed by atoms with Crippen LogP contribution in [-0.4, -0.2) is 48.2 Å². The quantitative estimate of drug-likeness (QED) is 0.509. The molecule has 68 valence electrons. The van der Waals surface area contributed by atoms with Gasteiger partial charge in [0.25, 0.3) is 0 Å². The summed E-state index contributed by atoms with van der Waals surface area (Å²) in [5, 5.41) is 12.5. The fraction of sp³-hybridized carbons (Fsp3) is 0.875. The lowest BCUT2D eigenvalue weighted by Gasteiger charge is -2.30. The van der Waals surface area contributed by atoms with Crippen LogP contribution in [0.3, 0.4) is 0 Å². The second kappa shape index (κ2) is 3.31. The fourth-order valence-electron chi connectivity index (χ4n) is 1.67. The standard InChI is InChI=1S/C8H15N3O/c12-7-1-5-11(6-2-7)8-9-3-4-10-8/h7,12H,1-6H2,(H,9,10). The predicted octanol–water partition coefficient (Wildman–Crippen LogP) is -0.598. The van der Waals surface area contributed by atoms with Crippen molar-refractivity contribution < 1.29 is 5.11 Å². The molecule has 0 bridgehead atoms. The Morgan fingerprint density at radius 1 is 1.42 bits per heavy atom. The van der Waals surface area contributed by atoms with Crippen LogP contribution < -0.4 is 5.32 Å². The van der Waals surface area contributed by atoms with Gasteiger partial charge in [0, 0.05) is 19.6 Å². The molecule has 0 atom stereocenters. The van der Waals surface area contributed by atoms with Gasteiger partial charge in [-0.2, -0.15) is 0 Å². The first kappa shape index (κ1) is 7.86. The van der Waals surface area contributed by atoms with Crippen molar-refractivity contribution in [2.24, 2.45) is 4.99 Å². The van der Waals surface area contributed by atoms with Gasteiger partial charge in [0.15, 0.2) is 5.96 Å². The summed E-state index contributed by atoms with van der Waals surface area (Å²) in [5.74, 6) is 1.03. The van der Waals surface area contributed by atoms with Gasteiger partial charge in [-0.1, -0.05) is 0 Å². The third-order valence-electron chi connectivity index (χ3n) is 2.42. The van der Waals surface area contributed by atoms with Crippen LogP contribution in [0.4, 0.5) is 0 Å². The normalized spacial score (nSPS) is 25.4. The van der Waals surface area contributed by atoms with Gasteiger partial charge < -0.3 is 15.3 Å². The van der Waals surface area contributed by atoms with E-state index in [9.17, 15) is 5.11 Å². The molecule has 2 N–H and O–H groups in total. The monoisotopic (exact) mass is 169 g/mol. The highest BCUT2D eigenvalue weighted by Gasteiger charge is 2.20. The van der Waals surface area contributed by atoms with Crippen LogP contribution in [0.2, 0.25) is 0 Å². The molecular formula is C8H15N3O. The van der Waals surface area contributed by atoms with Gasteiger partial charge in [0.05, 0.1) is 12.6 Å². The van der Waals surface area contributed by atoms with Gasteiger partial charge >= 0.3 is 0 Å². The maximum absolute atomic E-state index is 9.28. The molecule has 0 aromatic carbocycles. The van der Waals surface area contributed by atoms with Crippen molar-refractivity contribution in [1.82, 2.24) is 10.2 Å². The van der Waals surface area contributed by atoms with Crippen LogP contribution in [-0.2, 0) is 0 Å². The summed E-state index contributed by atoms with van der Waals surface area (Å²) in [6.45, 7) is 3.74. The lowest BCUT2D eigenvalue weighted by atomic mass is 10.1. The minimum atomic E-state index is -0.0942. The Bertz CT molecular complexity index is 185. The molecule has 0 aliphatic carbocycles. The van der Waals surface area contributed by atoms with Crippen LogP contribution in [0.25, 0.3) is 0 Å². The predicted molar refractivity (Wildman–Crippen MR) is 47.1 cm³/mol. The molecule has 2 heterocycles. The van der Waals surface area contributed by atoms with Gasteiger partial charge in [0.2, 0.25) is 0 Å². The van der Waals surface area contributed by atoms with Crippen LogP contribution in [0, 0.1) is 0 Å². The summed E-state index contributed by atoms with van der Waals surface area (Å²) < 4.78 is 0. The maximum atomic E-state index is 9.28. The van der Waals surface area contributed by atoms with E-state index in [4.69, 9.17) is 0 Å². The number of guanidine groups is 1. The van der Waals surface area contributed by atoms with Crippen molar-refractivity contribution in [3.8, 4) is 0 Å². The average molecular weight is 169 g/mol. The topological polar surface area (TPSA) is 47.9 Å². The largest absolute Gasteiger partial charge is 0.393 e. The second-order valence-corrected chi connectivity index (χ2v) is 3.35. The van der Waals surface area contributed by atoms with Crippen LogP contribution >= 0.6 is 0 Å². The van der Waals surface area contributed by atoms with E-state index in [2.05, 4.69) is 15.2 Å². The highest BCUT2D eigenvalue weighted by Crippen LogP contribution is 2.10. The third kappa shape index (κ3) is 1.53. The highest BCUT2D eigenvalue weighted by atomic mass is 16.3. The minimum absolute atomic E-state index is 0.0942. The number of aliphatic hydroxyl groups excluding tert-OH is 1. The summed E-state index contributed by atoms with van der Waals surface area (Å²) in [7, 11) is 0. The van der Waals surface area contributed by atoms with Crippen LogP contribution in [0.1, 0.15) is 12.8 Å². The molecule has 1 saturated heterocycles. The first-order chi connectivity index (χ1) is 5.86. The summed E-state index contributed by atoms with van der Waals surface area (Å²) in [5.41, 5.74) is 0. The van der Waals surface area contributed by atoms with Crippen LogP contribution in [0.5, 0.6) is 0 Å². The number of hydrogen-bond donors (Lipinski definition) is 2. The average Bonchev–Trinajstić information content (AvgIpc) is 2.58. The van der Waals surface area contributed by atoms with Gasteiger partial charge in [0.1, 0.15) is 0 Å². The Morgan fingerprint density at radius 2 is 2.17 bits per heavy atom. The molecule has 2 aliphatic heterocycles. The van der Waals surface area contributed by atoms with E-state index in [1.165, 1.54) is 0 Å². The molecule has 1 fully saturated rings. The minimum Gasteiger partial charge on any atom is -0.393 e. The molecule has 2 aliphatic rings. The van der Waals surface area contributed by atoms with E-state index >= 15 is 0 Å². The molecule has 0 spiro atoms. The first-order valence-electron chi connectivity index (χ1n) is 4.57. The Hall–Kier alpha value is -0.770. The zero-order valence-corrected chi connectivity index (χ0v) is 7.16. The van der Waals surface area contributed by atoms with Gasteiger partial charge in [-0.15, -0.1) is 0 Å². The second-order valence-electron chi connectivity index (χ2n) is 3.35. The van der Waals surface area contributed by atoms with E-state index in [0.717, 1.165) is 45.0 Å². The molecule has 0 amide bonds. The summed E-state index contributed by atoms with van der Waals surface area (Å²) in [6, 6.07) is 0. The molecule has 0 aromatic rings. The van der Waals surface area contributed by atoms with Crippen molar-refractivity contribution in [2.45, 2.75) is 18.9 Å². The van der Waals surface area contributed by atoms with E-state index in [0.29, 0.717) is 0 Å². The zero-order chi connectivity index (χ0) is 8.39. The number of likely N-dealkylation sites (tertiary alicyclic amines) is 1. The molecule has 0 unspecified atom stereocenters. The molecule has 2 rings (SSSR count). The number of rotatable bonds is 0. The highest BCUT2D eigenvalue weighted by molar-refractivity contribution is 5.81. The third-order valence-corrected chi connectivity index (χ3v) is 2.42. The van der Waals surface area contributed by atoms with Crippen molar-refractivity contribution in [1.29, 1.82) is 0 Å². The molecule has 0 saturated carbocycles. The lowest BCUT2D eigenvalue weighted by molar-refractivity contribution is 0.108. The number of aliphatic imine (C=N–C) groups is 1. The fourth-order valence-corrected chi connectivity index (χ4v) is 1.67. The Balaban J connectivity index is 1.88. The van der Waals surface area contributed by atoms with Gasteiger partial charge in [-0.05, 0) is 12.8 Å². The first-order valence-corrected chi connectivity index (χ1v) is 4.57. The summed E-state index contributed by atoms with van der Waals surface area (Å²) >= 11 is 0. The van der Waals surface area contributed by atoms with Crippen LogP contribution in [0.15, 0.2) is 4.99 Å². The number of hydrogen-bond acceptors (Lipinski definition) is 4.